The lowest BCUT2D eigenvalue weighted by Gasteiger charge is -2.18. The molecule has 1 amide bonds. The van der Waals surface area contributed by atoms with Crippen molar-refractivity contribution in [3.63, 3.8) is 0 Å². The van der Waals surface area contributed by atoms with Gasteiger partial charge in [0.1, 0.15) is 17.6 Å². The highest BCUT2D eigenvalue weighted by atomic mass is 32.2. The van der Waals surface area contributed by atoms with Crippen LogP contribution in [0.1, 0.15) is 55.5 Å². The first-order valence-corrected chi connectivity index (χ1v) is 11.8. The van der Waals surface area contributed by atoms with Crippen molar-refractivity contribution in [3.05, 3.63) is 59.3 Å². The van der Waals surface area contributed by atoms with Crippen LogP contribution in [0.3, 0.4) is 0 Å². The highest BCUT2D eigenvalue weighted by Gasteiger charge is 2.29. The van der Waals surface area contributed by atoms with Crippen LogP contribution in [0.5, 0.6) is 0 Å². The molecule has 1 fully saturated rings. The number of hydrogen-bond acceptors (Lipinski definition) is 7. The molecule has 1 aromatic carbocycles. The number of pyridine rings is 1. The summed E-state index contributed by atoms with van der Waals surface area (Å²) in [7, 11) is -4.22. The van der Waals surface area contributed by atoms with E-state index in [0.717, 1.165) is 19.0 Å². The van der Waals surface area contributed by atoms with Crippen LogP contribution in [-0.2, 0) is 21.2 Å². The summed E-state index contributed by atoms with van der Waals surface area (Å²) in [5.74, 6) is -1.44. The fraction of sp³-hybridized carbons (Fsp3) is 0.318. The Morgan fingerprint density at radius 3 is 2.76 bits per heavy atom. The largest absolute Gasteiger partial charge is 0.285 e. The Balaban J connectivity index is 1.67. The fourth-order valence-electron chi connectivity index (χ4n) is 3.55. The normalized spacial score (nSPS) is 13.7. The molecule has 0 unspecified atom stereocenters. The molecule has 1 saturated carbocycles. The standard InChI is InChI=1S/C22H21FN6O3S/c1-13(2)18-8-15(23)9-19(14-5-6-25-16(7-14)11-24)20(18)10-21(30)28-33(31,32)22-12-26-29(27-22)17-3-4-17/h5-9,12-13,17H,3-4,10H2,1-2H3,(H,28,30). The zero-order valence-corrected chi connectivity index (χ0v) is 18.8. The van der Waals surface area contributed by atoms with Gasteiger partial charge in [0.2, 0.25) is 10.9 Å². The van der Waals surface area contributed by atoms with Gasteiger partial charge in [0.05, 0.1) is 18.7 Å². The van der Waals surface area contributed by atoms with Gasteiger partial charge in [-0.3, -0.25) is 4.79 Å². The van der Waals surface area contributed by atoms with Crippen molar-refractivity contribution < 1.29 is 17.6 Å². The Labute approximate surface area is 190 Å². The Hall–Kier alpha value is -3.65. The number of amides is 1. The second-order valence-corrected chi connectivity index (χ2v) is 9.79. The lowest BCUT2D eigenvalue weighted by Crippen LogP contribution is -2.32. The summed E-state index contributed by atoms with van der Waals surface area (Å²) in [6, 6.07) is 7.73. The maximum absolute atomic E-state index is 14.4. The van der Waals surface area contributed by atoms with Gasteiger partial charge < -0.3 is 0 Å². The third kappa shape index (κ3) is 4.90. The molecule has 0 atom stereocenters. The molecule has 0 saturated heterocycles. The molecule has 0 bridgehead atoms. The van der Waals surface area contributed by atoms with Gasteiger partial charge in [0, 0.05) is 6.20 Å². The lowest BCUT2D eigenvalue weighted by atomic mass is 9.88. The number of nitrogens with zero attached hydrogens (tertiary/aromatic N) is 5. The number of rotatable bonds is 7. The maximum atomic E-state index is 14.4. The molecule has 0 spiro atoms. The fourth-order valence-corrected chi connectivity index (χ4v) is 4.41. The summed E-state index contributed by atoms with van der Waals surface area (Å²) in [4.78, 5) is 18.1. The SMILES string of the molecule is CC(C)c1cc(F)cc(-c2ccnc(C#N)c2)c1CC(=O)NS(=O)(=O)c1cnn(C2CC2)n1. The molecule has 1 aliphatic carbocycles. The van der Waals surface area contributed by atoms with E-state index in [1.807, 2.05) is 24.6 Å². The van der Waals surface area contributed by atoms with Gasteiger partial charge in [-0.25, -0.2) is 14.1 Å². The van der Waals surface area contributed by atoms with Gasteiger partial charge in [-0.2, -0.15) is 23.6 Å². The van der Waals surface area contributed by atoms with Gasteiger partial charge in [-0.15, -0.1) is 5.10 Å². The van der Waals surface area contributed by atoms with Crippen molar-refractivity contribution in [1.82, 2.24) is 24.7 Å². The molecule has 9 nitrogen and oxygen atoms in total. The average molecular weight is 469 g/mol. The van der Waals surface area contributed by atoms with E-state index in [-0.39, 0.29) is 29.1 Å². The molecular weight excluding hydrogens is 447 g/mol. The Morgan fingerprint density at radius 1 is 1.33 bits per heavy atom. The third-order valence-electron chi connectivity index (χ3n) is 5.28. The first kappa shape index (κ1) is 22.5. The van der Waals surface area contributed by atoms with E-state index in [4.69, 9.17) is 5.26 Å². The van der Waals surface area contributed by atoms with E-state index in [2.05, 4.69) is 15.2 Å². The molecule has 170 valence electrons. The summed E-state index contributed by atoms with van der Waals surface area (Å²) < 4.78 is 41.8. The molecule has 1 aliphatic rings. The van der Waals surface area contributed by atoms with Crippen LogP contribution in [0.4, 0.5) is 4.39 Å². The maximum Gasteiger partial charge on any atom is 0.285 e. The number of carbonyl (C=O) groups is 1. The van der Waals surface area contributed by atoms with Crippen LogP contribution in [-0.4, -0.2) is 34.3 Å². The van der Waals surface area contributed by atoms with Crippen LogP contribution in [0.25, 0.3) is 11.1 Å². The number of nitriles is 1. The molecule has 2 heterocycles. The Kier molecular flexibility index (Phi) is 5.95. The number of benzene rings is 1. The number of nitrogens with one attached hydrogen (secondary N) is 1. The van der Waals surface area contributed by atoms with E-state index in [9.17, 15) is 17.6 Å². The monoisotopic (exact) mass is 468 g/mol. The smallest absolute Gasteiger partial charge is 0.274 e. The Morgan fingerprint density at radius 2 is 2.09 bits per heavy atom. The van der Waals surface area contributed by atoms with E-state index in [1.165, 1.54) is 29.2 Å². The van der Waals surface area contributed by atoms with E-state index in [1.54, 1.807) is 6.07 Å². The lowest BCUT2D eigenvalue weighted by molar-refractivity contribution is -0.118. The van der Waals surface area contributed by atoms with Crippen LogP contribution < -0.4 is 4.72 Å². The van der Waals surface area contributed by atoms with Crippen molar-refractivity contribution in [2.24, 2.45) is 0 Å². The summed E-state index contributed by atoms with van der Waals surface area (Å²) in [6.45, 7) is 3.69. The molecule has 3 aromatic rings. The minimum atomic E-state index is -4.22. The van der Waals surface area contributed by atoms with Gasteiger partial charge >= 0.3 is 0 Å². The molecule has 0 radical (unpaired) electrons. The van der Waals surface area contributed by atoms with Crippen LogP contribution in [0.15, 0.2) is 41.7 Å². The molecule has 2 aromatic heterocycles. The number of halogens is 1. The predicted octanol–water partition coefficient (Wildman–Crippen LogP) is 2.86. The summed E-state index contributed by atoms with van der Waals surface area (Å²) in [6.07, 6.45) is 3.98. The van der Waals surface area contributed by atoms with Crippen molar-refractivity contribution in [3.8, 4) is 17.2 Å². The second-order valence-electron chi connectivity index (χ2n) is 8.16. The van der Waals surface area contributed by atoms with E-state index >= 15 is 0 Å². The summed E-state index contributed by atoms with van der Waals surface area (Å²) >= 11 is 0. The van der Waals surface area contributed by atoms with Crippen molar-refractivity contribution >= 4 is 15.9 Å². The summed E-state index contributed by atoms with van der Waals surface area (Å²) in [5.41, 5.74) is 2.06. The Bertz CT molecular complexity index is 1370. The van der Waals surface area contributed by atoms with Crippen LogP contribution in [0, 0.1) is 17.1 Å². The topological polar surface area (TPSA) is 131 Å². The van der Waals surface area contributed by atoms with Gasteiger partial charge in [-0.1, -0.05) is 13.8 Å². The van der Waals surface area contributed by atoms with Crippen molar-refractivity contribution in [2.45, 2.75) is 50.1 Å². The zero-order chi connectivity index (χ0) is 23.8. The van der Waals surface area contributed by atoms with Crippen LogP contribution >= 0.6 is 0 Å². The molecular formula is C22H21FN6O3S. The number of sulfonamides is 1. The first-order chi connectivity index (χ1) is 15.7. The number of aromatic nitrogens is 4. The highest BCUT2D eigenvalue weighted by molar-refractivity contribution is 7.90. The first-order valence-electron chi connectivity index (χ1n) is 10.3. The zero-order valence-electron chi connectivity index (χ0n) is 18.0. The molecule has 33 heavy (non-hydrogen) atoms. The van der Waals surface area contributed by atoms with Gasteiger partial charge in [-0.05, 0) is 65.3 Å². The number of hydrogen-bond donors (Lipinski definition) is 1. The highest BCUT2D eigenvalue weighted by Crippen LogP contribution is 2.34. The average Bonchev–Trinajstić information content (AvgIpc) is 3.49. The molecule has 0 aliphatic heterocycles. The van der Waals surface area contributed by atoms with Crippen LogP contribution in [0.2, 0.25) is 0 Å². The van der Waals surface area contributed by atoms with Crippen molar-refractivity contribution in [1.29, 1.82) is 5.26 Å². The summed E-state index contributed by atoms with van der Waals surface area (Å²) in [5, 5.41) is 16.7. The quantitative estimate of drug-likeness (QED) is 0.564. The third-order valence-corrected chi connectivity index (χ3v) is 6.51. The second kappa shape index (κ2) is 8.71. The molecule has 11 heteroatoms. The number of carbonyl (C=O) groups excluding carboxylic acids is 1. The molecule has 1 N–H and O–H groups in total. The minimum absolute atomic E-state index is 0.0960. The van der Waals surface area contributed by atoms with E-state index < -0.39 is 21.7 Å². The van der Waals surface area contributed by atoms with Crippen molar-refractivity contribution in [2.75, 3.05) is 0 Å². The van der Waals surface area contributed by atoms with Gasteiger partial charge in [0.15, 0.2) is 0 Å². The van der Waals surface area contributed by atoms with E-state index in [0.29, 0.717) is 22.3 Å². The van der Waals surface area contributed by atoms with Gasteiger partial charge in [0.25, 0.3) is 10.0 Å². The predicted molar refractivity (Wildman–Crippen MR) is 116 cm³/mol. The molecule has 4 rings (SSSR count). The minimum Gasteiger partial charge on any atom is -0.274 e.